The molecule has 1 heterocycles. The third-order valence-electron chi connectivity index (χ3n) is 3.79. The molecule has 0 saturated heterocycles. The van der Waals surface area contributed by atoms with E-state index in [1.807, 2.05) is 6.07 Å². The first kappa shape index (κ1) is 13.7. The normalized spacial score (nSPS) is 14.5. The summed E-state index contributed by atoms with van der Waals surface area (Å²) in [4.78, 5) is 6.56. The predicted molar refractivity (Wildman–Crippen MR) is 84.2 cm³/mol. The van der Waals surface area contributed by atoms with Crippen molar-refractivity contribution in [2.24, 2.45) is 0 Å². The van der Waals surface area contributed by atoms with Gasteiger partial charge in [-0.3, -0.25) is 4.98 Å². The van der Waals surface area contributed by atoms with Gasteiger partial charge in [-0.15, -0.1) is 0 Å². The standard InChI is InChI=1S/C18H13F2NS/c19-12-3-6-14(7-4-12)22-18-10-17(11-1-2-11)21-16-8-5-13(20)9-15(16)18/h3-11H,1-2H2. The van der Waals surface area contributed by atoms with Crippen LogP contribution >= 0.6 is 11.8 Å². The van der Waals surface area contributed by atoms with Crippen molar-refractivity contribution in [2.45, 2.75) is 28.6 Å². The number of aromatic nitrogens is 1. The van der Waals surface area contributed by atoms with E-state index in [1.54, 1.807) is 18.2 Å². The summed E-state index contributed by atoms with van der Waals surface area (Å²) in [6, 6.07) is 13.1. The fourth-order valence-electron chi connectivity index (χ4n) is 2.49. The van der Waals surface area contributed by atoms with Gasteiger partial charge >= 0.3 is 0 Å². The van der Waals surface area contributed by atoms with Gasteiger partial charge in [0.2, 0.25) is 0 Å². The van der Waals surface area contributed by atoms with Crippen LogP contribution < -0.4 is 0 Å². The largest absolute Gasteiger partial charge is 0.252 e. The van der Waals surface area contributed by atoms with Crippen LogP contribution in [-0.2, 0) is 0 Å². The lowest BCUT2D eigenvalue weighted by Crippen LogP contribution is -1.91. The highest BCUT2D eigenvalue weighted by Crippen LogP contribution is 2.42. The zero-order valence-electron chi connectivity index (χ0n) is 11.7. The fourth-order valence-corrected chi connectivity index (χ4v) is 3.47. The maximum absolute atomic E-state index is 13.6. The van der Waals surface area contributed by atoms with Gasteiger partial charge in [0.25, 0.3) is 0 Å². The third kappa shape index (κ3) is 2.71. The molecule has 0 unspecified atom stereocenters. The zero-order chi connectivity index (χ0) is 15.1. The van der Waals surface area contributed by atoms with Crippen LogP contribution in [0.4, 0.5) is 8.78 Å². The minimum absolute atomic E-state index is 0.256. The molecule has 2 aromatic carbocycles. The Balaban J connectivity index is 1.82. The Kier molecular flexibility index (Phi) is 3.34. The van der Waals surface area contributed by atoms with Crippen molar-refractivity contribution in [3.8, 4) is 0 Å². The van der Waals surface area contributed by atoms with E-state index >= 15 is 0 Å². The number of hydrogen-bond donors (Lipinski definition) is 0. The Bertz CT molecular complexity index is 842. The minimum atomic E-state index is -0.269. The van der Waals surface area contributed by atoms with Gasteiger partial charge in [0.05, 0.1) is 5.52 Å². The van der Waals surface area contributed by atoms with Crippen LogP contribution in [0.3, 0.4) is 0 Å². The van der Waals surface area contributed by atoms with E-state index < -0.39 is 0 Å². The fraction of sp³-hybridized carbons (Fsp3) is 0.167. The molecule has 1 saturated carbocycles. The van der Waals surface area contributed by atoms with Gasteiger partial charge in [0, 0.05) is 26.8 Å². The number of fused-ring (bicyclic) bond motifs is 1. The molecule has 4 heteroatoms. The Hall–Kier alpha value is -1.94. The summed E-state index contributed by atoms with van der Waals surface area (Å²) in [5.41, 5.74) is 1.89. The van der Waals surface area contributed by atoms with Gasteiger partial charge in [0.15, 0.2) is 0 Å². The van der Waals surface area contributed by atoms with E-state index in [9.17, 15) is 8.78 Å². The highest BCUT2D eigenvalue weighted by Gasteiger charge is 2.26. The van der Waals surface area contributed by atoms with Crippen LogP contribution in [-0.4, -0.2) is 4.98 Å². The molecule has 0 aliphatic heterocycles. The quantitative estimate of drug-likeness (QED) is 0.629. The maximum Gasteiger partial charge on any atom is 0.124 e. The molecule has 1 aliphatic carbocycles. The molecule has 3 aromatic rings. The van der Waals surface area contributed by atoms with Crippen LogP contribution in [0, 0.1) is 11.6 Å². The molecule has 0 N–H and O–H groups in total. The van der Waals surface area contributed by atoms with E-state index in [0.29, 0.717) is 5.92 Å². The van der Waals surface area contributed by atoms with E-state index in [-0.39, 0.29) is 11.6 Å². The number of hydrogen-bond acceptors (Lipinski definition) is 2. The molecule has 22 heavy (non-hydrogen) atoms. The van der Waals surface area contributed by atoms with Crippen LogP contribution in [0.2, 0.25) is 0 Å². The van der Waals surface area contributed by atoms with Gasteiger partial charge in [-0.1, -0.05) is 11.8 Å². The van der Waals surface area contributed by atoms with Crippen molar-refractivity contribution in [3.63, 3.8) is 0 Å². The lowest BCUT2D eigenvalue weighted by Gasteiger charge is -2.09. The number of halogens is 2. The smallest absolute Gasteiger partial charge is 0.124 e. The Morgan fingerprint density at radius 2 is 1.64 bits per heavy atom. The SMILES string of the molecule is Fc1ccc(Sc2cc(C3CC3)nc3ccc(F)cc23)cc1. The van der Waals surface area contributed by atoms with Crippen LogP contribution in [0.25, 0.3) is 10.9 Å². The average molecular weight is 313 g/mol. The summed E-state index contributed by atoms with van der Waals surface area (Å²) >= 11 is 1.52. The molecule has 1 aromatic heterocycles. The Morgan fingerprint density at radius 1 is 0.909 bits per heavy atom. The molecule has 110 valence electrons. The van der Waals surface area contributed by atoms with Crippen molar-refractivity contribution < 1.29 is 8.78 Å². The molecule has 1 fully saturated rings. The minimum Gasteiger partial charge on any atom is -0.252 e. The topological polar surface area (TPSA) is 12.9 Å². The van der Waals surface area contributed by atoms with Crippen molar-refractivity contribution in [1.82, 2.24) is 4.98 Å². The first-order valence-corrected chi connectivity index (χ1v) is 8.04. The number of pyridine rings is 1. The monoisotopic (exact) mass is 313 g/mol. The first-order chi connectivity index (χ1) is 10.7. The van der Waals surface area contributed by atoms with Crippen LogP contribution in [0.15, 0.2) is 58.3 Å². The second kappa shape index (κ2) is 5.36. The summed E-state index contributed by atoms with van der Waals surface area (Å²) in [6.45, 7) is 0. The Labute approximate surface area is 131 Å². The molecule has 4 rings (SSSR count). The van der Waals surface area contributed by atoms with Crippen molar-refractivity contribution in [3.05, 3.63) is 65.9 Å². The Morgan fingerprint density at radius 3 is 2.36 bits per heavy atom. The number of nitrogens with zero attached hydrogens (tertiary/aromatic N) is 1. The van der Waals surface area contributed by atoms with Crippen molar-refractivity contribution in [1.29, 1.82) is 0 Å². The summed E-state index contributed by atoms with van der Waals surface area (Å²) in [5, 5.41) is 0.804. The molecule has 0 atom stereocenters. The second-order valence-corrected chi connectivity index (χ2v) is 6.65. The van der Waals surface area contributed by atoms with Gasteiger partial charge in [-0.25, -0.2) is 8.78 Å². The number of benzene rings is 2. The molecular formula is C18H13F2NS. The van der Waals surface area contributed by atoms with E-state index in [0.717, 1.165) is 26.4 Å². The van der Waals surface area contributed by atoms with Gasteiger partial charge < -0.3 is 0 Å². The van der Waals surface area contributed by atoms with E-state index in [1.165, 1.54) is 48.9 Å². The predicted octanol–water partition coefficient (Wildman–Crippen LogP) is 5.54. The highest BCUT2D eigenvalue weighted by molar-refractivity contribution is 7.99. The molecular weight excluding hydrogens is 300 g/mol. The maximum atomic E-state index is 13.6. The molecule has 0 amide bonds. The summed E-state index contributed by atoms with van der Waals surface area (Å²) in [7, 11) is 0. The van der Waals surface area contributed by atoms with Crippen molar-refractivity contribution in [2.75, 3.05) is 0 Å². The van der Waals surface area contributed by atoms with E-state index in [4.69, 9.17) is 0 Å². The summed E-state index contributed by atoms with van der Waals surface area (Å²) in [5.74, 6) is 0.00472. The zero-order valence-corrected chi connectivity index (χ0v) is 12.5. The molecule has 0 spiro atoms. The van der Waals surface area contributed by atoms with Crippen LogP contribution in [0.1, 0.15) is 24.5 Å². The number of rotatable bonds is 3. The summed E-state index contributed by atoms with van der Waals surface area (Å²) in [6.07, 6.45) is 2.33. The summed E-state index contributed by atoms with van der Waals surface area (Å²) < 4.78 is 26.6. The van der Waals surface area contributed by atoms with Gasteiger partial charge in [-0.2, -0.15) is 0 Å². The van der Waals surface area contributed by atoms with Crippen molar-refractivity contribution >= 4 is 22.7 Å². The molecule has 0 radical (unpaired) electrons. The van der Waals surface area contributed by atoms with Gasteiger partial charge in [0.1, 0.15) is 11.6 Å². The van der Waals surface area contributed by atoms with E-state index in [2.05, 4.69) is 4.98 Å². The lowest BCUT2D eigenvalue weighted by atomic mass is 10.1. The third-order valence-corrected chi connectivity index (χ3v) is 4.86. The molecule has 1 nitrogen and oxygen atoms in total. The lowest BCUT2D eigenvalue weighted by molar-refractivity contribution is 0.626. The first-order valence-electron chi connectivity index (χ1n) is 7.23. The van der Waals surface area contributed by atoms with Gasteiger partial charge in [-0.05, 0) is 61.4 Å². The molecule has 0 bridgehead atoms. The average Bonchev–Trinajstić information content (AvgIpc) is 3.34. The second-order valence-electron chi connectivity index (χ2n) is 5.54. The highest BCUT2D eigenvalue weighted by atomic mass is 32.2. The molecule has 1 aliphatic rings. The van der Waals surface area contributed by atoms with Crippen LogP contribution in [0.5, 0.6) is 0 Å².